The molecule has 3 heterocycles. The Morgan fingerprint density at radius 1 is 1.11 bits per heavy atom. The molecule has 1 saturated heterocycles. The Kier molecular flexibility index (Phi) is 7.10. The van der Waals surface area contributed by atoms with Crippen molar-refractivity contribution in [1.29, 1.82) is 0 Å². The number of carbonyl (C=O) groups is 3. The number of nitrogens with zero attached hydrogens (tertiary/aromatic N) is 2. The van der Waals surface area contributed by atoms with Crippen LogP contribution < -0.4 is 5.43 Å². The zero-order chi connectivity index (χ0) is 27.0. The van der Waals surface area contributed by atoms with Crippen molar-refractivity contribution in [2.24, 2.45) is 11.0 Å². The average Bonchev–Trinajstić information content (AvgIpc) is 3.50. The van der Waals surface area contributed by atoms with E-state index in [0.29, 0.717) is 50.2 Å². The second kappa shape index (κ2) is 10.5. The molecule has 9 heteroatoms. The van der Waals surface area contributed by atoms with Crippen LogP contribution in [-0.4, -0.2) is 48.6 Å². The highest BCUT2D eigenvalue weighted by atomic mass is 16.5. The highest BCUT2D eigenvalue weighted by Crippen LogP contribution is 2.32. The number of fused-ring (bicyclic) bond motifs is 2. The molecule has 5 rings (SSSR count). The van der Waals surface area contributed by atoms with Crippen molar-refractivity contribution in [3.8, 4) is 0 Å². The summed E-state index contributed by atoms with van der Waals surface area (Å²) >= 11 is 0. The van der Waals surface area contributed by atoms with Crippen LogP contribution in [0, 0.1) is 26.7 Å². The molecule has 1 aliphatic carbocycles. The van der Waals surface area contributed by atoms with E-state index in [2.05, 4.69) is 10.5 Å². The number of rotatable bonds is 5. The summed E-state index contributed by atoms with van der Waals surface area (Å²) in [7, 11) is 1.39. The van der Waals surface area contributed by atoms with Gasteiger partial charge in [0.2, 0.25) is 5.91 Å². The molecule has 1 fully saturated rings. The Morgan fingerprint density at radius 2 is 1.87 bits per heavy atom. The third kappa shape index (κ3) is 4.73. The Bertz CT molecular complexity index is 1440. The lowest BCUT2D eigenvalue weighted by atomic mass is 9.93. The normalized spacial score (nSPS) is 17.1. The van der Waals surface area contributed by atoms with E-state index < -0.39 is 0 Å². The van der Waals surface area contributed by atoms with Gasteiger partial charge in [0.25, 0.3) is 5.91 Å². The number of nitrogens with one attached hydrogen (secondary N) is 1. The van der Waals surface area contributed by atoms with Gasteiger partial charge in [0.1, 0.15) is 11.3 Å². The van der Waals surface area contributed by atoms with Crippen molar-refractivity contribution in [3.63, 3.8) is 0 Å². The van der Waals surface area contributed by atoms with Crippen LogP contribution in [0.5, 0.6) is 0 Å². The number of hydrogen-bond acceptors (Lipinski definition) is 7. The molecule has 1 N–H and O–H groups in total. The van der Waals surface area contributed by atoms with Crippen molar-refractivity contribution in [2.75, 3.05) is 20.2 Å². The molecule has 0 radical (unpaired) electrons. The highest BCUT2D eigenvalue weighted by Gasteiger charge is 2.33. The van der Waals surface area contributed by atoms with Gasteiger partial charge >= 0.3 is 5.97 Å². The molecular weight excluding hydrogens is 486 g/mol. The number of esters is 1. The molecule has 1 aromatic carbocycles. The lowest BCUT2D eigenvalue weighted by Gasteiger charge is -2.30. The first-order valence-electron chi connectivity index (χ1n) is 13.1. The van der Waals surface area contributed by atoms with Crippen molar-refractivity contribution in [3.05, 3.63) is 57.7 Å². The van der Waals surface area contributed by atoms with E-state index in [1.807, 2.05) is 32.9 Å². The maximum absolute atomic E-state index is 13.3. The van der Waals surface area contributed by atoms with E-state index in [0.717, 1.165) is 51.0 Å². The predicted molar refractivity (Wildman–Crippen MR) is 141 cm³/mol. The molecule has 2 amide bonds. The molecule has 1 aliphatic heterocycles. The number of likely N-dealkylation sites (tertiary alicyclic amines) is 1. The first kappa shape index (κ1) is 25.8. The molecule has 0 unspecified atom stereocenters. The minimum Gasteiger partial charge on any atom is -0.469 e. The summed E-state index contributed by atoms with van der Waals surface area (Å²) in [6, 6.07) is 4.01. The standard InChI is InChI=1S/C29H33N3O6/c1-16-8-9-21-20(15-37-26(21)17(16)2)14-24(33)31-30-22-6-5-7-23-25(22)18(3)27(38-23)28(34)32-12-10-19(11-13-32)29(35)36-4/h8-9,15,19H,5-7,10-14H2,1-4H3,(H,31,33)/b30-22+. The first-order valence-corrected chi connectivity index (χ1v) is 13.1. The minimum absolute atomic E-state index is 0.148. The summed E-state index contributed by atoms with van der Waals surface area (Å²) in [5, 5.41) is 5.38. The molecule has 200 valence electrons. The van der Waals surface area contributed by atoms with Gasteiger partial charge in [-0.2, -0.15) is 5.10 Å². The fourth-order valence-electron chi connectivity index (χ4n) is 5.48. The molecule has 0 saturated carbocycles. The van der Waals surface area contributed by atoms with Crippen LogP contribution in [0.3, 0.4) is 0 Å². The minimum atomic E-state index is -0.239. The van der Waals surface area contributed by atoms with Crippen LogP contribution in [0.1, 0.15) is 69.8 Å². The molecule has 3 aromatic rings. The Morgan fingerprint density at radius 3 is 2.61 bits per heavy atom. The van der Waals surface area contributed by atoms with Crippen LogP contribution in [0.4, 0.5) is 0 Å². The lowest BCUT2D eigenvalue weighted by Crippen LogP contribution is -2.40. The van der Waals surface area contributed by atoms with Crippen LogP contribution in [0.25, 0.3) is 11.0 Å². The summed E-state index contributed by atoms with van der Waals surface area (Å²) in [6.45, 7) is 6.85. The highest BCUT2D eigenvalue weighted by molar-refractivity contribution is 6.06. The third-order valence-electron chi connectivity index (χ3n) is 7.84. The lowest BCUT2D eigenvalue weighted by molar-refractivity contribution is -0.146. The van der Waals surface area contributed by atoms with Crippen LogP contribution in [-0.2, 0) is 27.2 Å². The van der Waals surface area contributed by atoms with Crippen LogP contribution in [0.2, 0.25) is 0 Å². The van der Waals surface area contributed by atoms with Crippen LogP contribution in [0.15, 0.2) is 32.3 Å². The van der Waals surface area contributed by atoms with E-state index >= 15 is 0 Å². The molecule has 0 spiro atoms. The number of furan rings is 2. The van der Waals surface area contributed by atoms with Gasteiger partial charge in [-0.05, 0) is 57.6 Å². The van der Waals surface area contributed by atoms with Crippen molar-refractivity contribution in [2.45, 2.75) is 59.3 Å². The van der Waals surface area contributed by atoms with Gasteiger partial charge in [-0.15, -0.1) is 0 Å². The zero-order valence-electron chi connectivity index (χ0n) is 22.3. The van der Waals surface area contributed by atoms with Gasteiger partial charge < -0.3 is 18.5 Å². The SMILES string of the molecule is COC(=O)C1CCN(C(=O)c2oc3c(c2C)/C(=N/NC(=O)Cc2coc4c(C)c(C)ccc24)CCC3)CC1. The Balaban J connectivity index is 1.29. The van der Waals surface area contributed by atoms with Gasteiger partial charge in [0.15, 0.2) is 5.76 Å². The zero-order valence-corrected chi connectivity index (χ0v) is 22.3. The molecule has 2 aliphatic rings. The average molecular weight is 520 g/mol. The predicted octanol–water partition coefficient (Wildman–Crippen LogP) is 4.38. The molecule has 38 heavy (non-hydrogen) atoms. The summed E-state index contributed by atoms with van der Waals surface area (Å²) in [4.78, 5) is 39.6. The number of hydrogen-bond donors (Lipinski definition) is 1. The maximum Gasteiger partial charge on any atom is 0.308 e. The second-order valence-electron chi connectivity index (χ2n) is 10.2. The monoisotopic (exact) mass is 519 g/mol. The summed E-state index contributed by atoms with van der Waals surface area (Å²) in [5.41, 5.74) is 8.78. The molecular formula is C29H33N3O6. The van der Waals surface area contributed by atoms with Gasteiger partial charge in [0.05, 0.1) is 31.4 Å². The van der Waals surface area contributed by atoms with E-state index in [4.69, 9.17) is 13.6 Å². The quantitative estimate of drug-likeness (QED) is 0.395. The van der Waals surface area contributed by atoms with E-state index in [1.54, 1.807) is 11.2 Å². The second-order valence-corrected chi connectivity index (χ2v) is 10.2. The smallest absolute Gasteiger partial charge is 0.308 e. The summed E-state index contributed by atoms with van der Waals surface area (Å²) in [6.07, 6.45) is 5.13. The Labute approximate surface area is 221 Å². The van der Waals surface area contributed by atoms with Gasteiger partial charge in [-0.1, -0.05) is 12.1 Å². The third-order valence-corrected chi connectivity index (χ3v) is 7.84. The molecule has 0 bridgehead atoms. The van der Waals surface area contributed by atoms with E-state index in [1.165, 1.54) is 7.11 Å². The maximum atomic E-state index is 13.3. The van der Waals surface area contributed by atoms with Crippen molar-refractivity contribution in [1.82, 2.24) is 10.3 Å². The summed E-state index contributed by atoms with van der Waals surface area (Å²) < 4.78 is 16.6. The number of piperidine rings is 1. The topological polar surface area (TPSA) is 114 Å². The number of benzene rings is 1. The summed E-state index contributed by atoms with van der Waals surface area (Å²) in [5.74, 6) is 0.211. The van der Waals surface area contributed by atoms with E-state index in [-0.39, 0.29) is 30.1 Å². The fraction of sp³-hybridized carbons (Fsp3) is 0.448. The molecule has 9 nitrogen and oxygen atoms in total. The Hall–Kier alpha value is -3.88. The number of ether oxygens (including phenoxy) is 1. The number of aryl methyl sites for hydroxylation is 3. The number of amides is 2. The fourth-order valence-corrected chi connectivity index (χ4v) is 5.48. The van der Waals surface area contributed by atoms with Gasteiger partial charge in [-0.25, -0.2) is 5.43 Å². The largest absolute Gasteiger partial charge is 0.469 e. The van der Waals surface area contributed by atoms with E-state index in [9.17, 15) is 14.4 Å². The van der Waals surface area contributed by atoms with Gasteiger partial charge in [-0.3, -0.25) is 14.4 Å². The number of methoxy groups -OCH3 is 1. The van der Waals surface area contributed by atoms with Crippen molar-refractivity contribution >= 4 is 34.5 Å². The van der Waals surface area contributed by atoms with Crippen LogP contribution >= 0.6 is 0 Å². The molecule has 0 atom stereocenters. The molecule has 2 aromatic heterocycles. The number of carbonyl (C=O) groups excluding carboxylic acids is 3. The first-order chi connectivity index (χ1) is 18.3. The number of hydrazone groups is 1. The van der Waals surface area contributed by atoms with Crippen molar-refractivity contribution < 1.29 is 28.0 Å². The van der Waals surface area contributed by atoms with Gasteiger partial charge in [0, 0.05) is 41.6 Å².